The van der Waals surface area contributed by atoms with E-state index in [0.29, 0.717) is 22.6 Å². The van der Waals surface area contributed by atoms with E-state index in [1.807, 2.05) is 31.2 Å². The Morgan fingerprint density at radius 1 is 1.24 bits per heavy atom. The highest BCUT2D eigenvalue weighted by Gasteiger charge is 2.30. The van der Waals surface area contributed by atoms with Gasteiger partial charge in [0, 0.05) is 12.5 Å². The van der Waals surface area contributed by atoms with Crippen molar-refractivity contribution in [2.45, 2.75) is 36.4 Å². The van der Waals surface area contributed by atoms with Crippen molar-refractivity contribution in [3.05, 3.63) is 53.4 Å². The number of thiophene rings is 1. The molecule has 4 rings (SSSR count). The van der Waals surface area contributed by atoms with Gasteiger partial charge in [0.15, 0.2) is 0 Å². The maximum absolute atomic E-state index is 12.5. The van der Waals surface area contributed by atoms with Crippen LogP contribution in [0, 0.1) is 6.92 Å². The fraction of sp³-hybridized carbons (Fsp3) is 0.294. The zero-order valence-corrected chi connectivity index (χ0v) is 15.2. The smallest absolute Gasteiger partial charge is 0.257 e. The predicted molar refractivity (Wildman–Crippen MR) is 94.8 cm³/mol. The highest BCUT2D eigenvalue weighted by molar-refractivity contribution is 7.91. The van der Waals surface area contributed by atoms with E-state index in [-0.39, 0.29) is 10.8 Å². The van der Waals surface area contributed by atoms with Crippen molar-refractivity contribution in [3.63, 3.8) is 0 Å². The molecular formula is C17H17N3O3S2. The lowest BCUT2D eigenvalue weighted by atomic mass is 10.1. The Hall–Kier alpha value is -2.03. The number of benzene rings is 1. The van der Waals surface area contributed by atoms with Crippen LogP contribution < -0.4 is 4.72 Å². The van der Waals surface area contributed by atoms with Gasteiger partial charge in [0.05, 0.1) is 4.88 Å². The van der Waals surface area contributed by atoms with Crippen LogP contribution in [-0.2, 0) is 16.6 Å². The first kappa shape index (κ1) is 16.4. The lowest BCUT2D eigenvalue weighted by Gasteiger charge is -2.05. The highest BCUT2D eigenvalue weighted by Crippen LogP contribution is 2.40. The van der Waals surface area contributed by atoms with E-state index in [0.717, 1.165) is 35.3 Å². The Bertz CT molecular complexity index is 1000. The van der Waals surface area contributed by atoms with Gasteiger partial charge in [-0.15, -0.1) is 21.5 Å². The van der Waals surface area contributed by atoms with E-state index in [2.05, 4.69) is 14.9 Å². The summed E-state index contributed by atoms with van der Waals surface area (Å²) in [5.74, 6) is 1.40. The summed E-state index contributed by atoms with van der Waals surface area (Å²) in [6.45, 7) is 2.23. The normalized spacial score (nSPS) is 14.8. The molecule has 130 valence electrons. The van der Waals surface area contributed by atoms with Crippen LogP contribution in [0.1, 0.15) is 35.8 Å². The van der Waals surface area contributed by atoms with Crippen molar-refractivity contribution in [1.29, 1.82) is 0 Å². The Labute approximate surface area is 150 Å². The van der Waals surface area contributed by atoms with Gasteiger partial charge >= 0.3 is 0 Å². The minimum Gasteiger partial charge on any atom is -0.420 e. The van der Waals surface area contributed by atoms with Crippen molar-refractivity contribution in [2.24, 2.45) is 0 Å². The third-order valence-electron chi connectivity index (χ3n) is 3.97. The molecular weight excluding hydrogens is 358 g/mol. The van der Waals surface area contributed by atoms with Crippen molar-refractivity contribution in [1.82, 2.24) is 14.9 Å². The van der Waals surface area contributed by atoms with Gasteiger partial charge in [0.25, 0.3) is 5.89 Å². The summed E-state index contributed by atoms with van der Waals surface area (Å²) < 4.78 is 33.5. The summed E-state index contributed by atoms with van der Waals surface area (Å²) in [4.78, 5) is 0.662. The number of sulfonamides is 1. The van der Waals surface area contributed by atoms with Crippen molar-refractivity contribution < 1.29 is 12.8 Å². The number of rotatable bonds is 6. The summed E-state index contributed by atoms with van der Waals surface area (Å²) in [7, 11) is -3.58. The molecule has 6 nitrogen and oxygen atoms in total. The molecule has 0 spiro atoms. The summed E-state index contributed by atoms with van der Waals surface area (Å²) in [6, 6.07) is 11.0. The van der Waals surface area contributed by atoms with Crippen molar-refractivity contribution in [3.8, 4) is 10.8 Å². The van der Waals surface area contributed by atoms with Gasteiger partial charge < -0.3 is 4.42 Å². The van der Waals surface area contributed by atoms with E-state index in [9.17, 15) is 8.42 Å². The molecule has 8 heteroatoms. The van der Waals surface area contributed by atoms with Crippen LogP contribution in [0.2, 0.25) is 0 Å². The average molecular weight is 375 g/mol. The molecule has 1 aliphatic rings. The summed E-state index contributed by atoms with van der Waals surface area (Å²) in [5.41, 5.74) is 2.02. The van der Waals surface area contributed by atoms with Gasteiger partial charge in [0.2, 0.25) is 15.9 Å². The summed E-state index contributed by atoms with van der Waals surface area (Å²) in [6.07, 6.45) is 2.16. The lowest BCUT2D eigenvalue weighted by Crippen LogP contribution is -2.22. The van der Waals surface area contributed by atoms with E-state index < -0.39 is 10.0 Å². The zero-order valence-electron chi connectivity index (χ0n) is 13.6. The third-order valence-corrected chi connectivity index (χ3v) is 6.94. The van der Waals surface area contributed by atoms with Crippen LogP contribution in [0.15, 0.2) is 45.0 Å². The van der Waals surface area contributed by atoms with Gasteiger partial charge in [-0.1, -0.05) is 29.8 Å². The Kier molecular flexibility index (Phi) is 4.18. The Balaban J connectivity index is 1.49. The second kappa shape index (κ2) is 6.36. The van der Waals surface area contributed by atoms with E-state index in [1.54, 1.807) is 12.1 Å². The van der Waals surface area contributed by atoms with Gasteiger partial charge in [-0.25, -0.2) is 13.1 Å². The molecule has 2 heterocycles. The van der Waals surface area contributed by atoms with Gasteiger partial charge in [-0.05, 0) is 37.5 Å². The van der Waals surface area contributed by atoms with E-state index in [1.165, 1.54) is 0 Å². The minimum absolute atomic E-state index is 0.237. The van der Waals surface area contributed by atoms with Gasteiger partial charge in [-0.3, -0.25) is 0 Å². The maximum Gasteiger partial charge on any atom is 0.257 e. The number of aromatic nitrogens is 2. The molecule has 0 amide bonds. The Morgan fingerprint density at radius 3 is 2.84 bits per heavy atom. The molecule has 0 radical (unpaired) electrons. The zero-order chi connectivity index (χ0) is 17.4. The summed E-state index contributed by atoms with van der Waals surface area (Å²) in [5, 5.41) is 8.06. The topological polar surface area (TPSA) is 85.1 Å². The van der Waals surface area contributed by atoms with Crippen LogP contribution in [-0.4, -0.2) is 18.6 Å². The van der Waals surface area contributed by atoms with Crippen LogP contribution in [0.25, 0.3) is 10.8 Å². The molecule has 0 saturated heterocycles. The monoisotopic (exact) mass is 375 g/mol. The number of nitrogens with zero attached hydrogens (tertiary/aromatic N) is 2. The number of nitrogens with one attached hydrogen (secondary N) is 1. The second-order valence-electron chi connectivity index (χ2n) is 6.15. The van der Waals surface area contributed by atoms with Crippen LogP contribution in [0.4, 0.5) is 0 Å². The number of aryl methyl sites for hydroxylation is 1. The van der Waals surface area contributed by atoms with Gasteiger partial charge in [-0.2, -0.15) is 0 Å². The fourth-order valence-corrected chi connectivity index (χ4v) is 4.77. The average Bonchev–Trinajstić information content (AvgIpc) is 3.11. The molecule has 1 aliphatic carbocycles. The highest BCUT2D eigenvalue weighted by atomic mass is 32.2. The van der Waals surface area contributed by atoms with Crippen LogP contribution in [0.5, 0.6) is 0 Å². The standard InChI is InChI=1S/C17H17N3O3S2/c1-11-3-2-4-12(9-11)10-18-25(21,22)15-8-7-14(24-15)17-20-19-16(23-17)13-5-6-13/h2-4,7-9,13,18H,5-6,10H2,1H3. The lowest BCUT2D eigenvalue weighted by molar-refractivity contribution is 0.509. The summed E-state index contributed by atoms with van der Waals surface area (Å²) >= 11 is 1.13. The van der Waals surface area contributed by atoms with E-state index >= 15 is 0 Å². The molecule has 25 heavy (non-hydrogen) atoms. The number of hydrogen-bond donors (Lipinski definition) is 1. The van der Waals surface area contributed by atoms with Gasteiger partial charge in [0.1, 0.15) is 4.21 Å². The minimum atomic E-state index is -3.58. The first-order valence-electron chi connectivity index (χ1n) is 8.00. The second-order valence-corrected chi connectivity index (χ2v) is 9.23. The van der Waals surface area contributed by atoms with Crippen molar-refractivity contribution >= 4 is 21.4 Å². The van der Waals surface area contributed by atoms with E-state index in [4.69, 9.17) is 4.42 Å². The van der Waals surface area contributed by atoms with Crippen molar-refractivity contribution in [2.75, 3.05) is 0 Å². The molecule has 0 unspecified atom stereocenters. The molecule has 0 bridgehead atoms. The molecule has 1 fully saturated rings. The SMILES string of the molecule is Cc1cccc(CNS(=O)(=O)c2ccc(-c3nnc(C4CC4)o3)s2)c1. The Morgan fingerprint density at radius 2 is 2.08 bits per heavy atom. The molecule has 1 aromatic carbocycles. The molecule has 0 atom stereocenters. The van der Waals surface area contributed by atoms with Crippen LogP contribution >= 0.6 is 11.3 Å². The molecule has 3 aromatic rings. The molecule has 1 N–H and O–H groups in total. The fourth-order valence-electron chi connectivity index (χ4n) is 2.48. The molecule has 2 aromatic heterocycles. The number of hydrogen-bond acceptors (Lipinski definition) is 6. The molecule has 0 aliphatic heterocycles. The maximum atomic E-state index is 12.5. The first-order valence-corrected chi connectivity index (χ1v) is 10.3. The largest absolute Gasteiger partial charge is 0.420 e. The quantitative estimate of drug-likeness (QED) is 0.713. The third kappa shape index (κ3) is 3.65. The predicted octanol–water partition coefficient (Wildman–Crippen LogP) is 3.46. The first-order chi connectivity index (χ1) is 12.0. The van der Waals surface area contributed by atoms with Crippen LogP contribution in [0.3, 0.4) is 0 Å². The molecule has 1 saturated carbocycles.